The molecule has 0 aliphatic heterocycles. The highest BCUT2D eigenvalue weighted by atomic mass is 28.3. The van der Waals surface area contributed by atoms with E-state index in [1.165, 1.54) is 6.07 Å². The molecule has 0 aliphatic rings. The van der Waals surface area contributed by atoms with Gasteiger partial charge in [-0.3, -0.25) is 4.40 Å². The Bertz CT molecular complexity index is 1070. The first-order valence-corrected chi connectivity index (χ1v) is 12.4. The molecule has 0 spiro atoms. The SMILES string of the molecule is C[Si](C)(C)C#Cc1cnc2c(NCCCO)nc3cc(C(F)(F)F)ccc3n12. The van der Waals surface area contributed by atoms with E-state index in [-0.39, 0.29) is 12.1 Å². The fourth-order valence-electron chi connectivity index (χ4n) is 2.66. The molecule has 3 aromatic rings. The van der Waals surface area contributed by atoms with Crippen molar-refractivity contribution in [2.45, 2.75) is 32.2 Å². The second-order valence-corrected chi connectivity index (χ2v) is 12.2. The third kappa shape index (κ3) is 4.29. The van der Waals surface area contributed by atoms with Gasteiger partial charge in [0.05, 0.1) is 22.8 Å². The van der Waals surface area contributed by atoms with E-state index < -0.39 is 19.8 Å². The highest BCUT2D eigenvalue weighted by molar-refractivity contribution is 6.83. The second-order valence-electron chi connectivity index (χ2n) is 7.47. The third-order valence-corrected chi connectivity index (χ3v) is 4.82. The minimum Gasteiger partial charge on any atom is -0.396 e. The predicted octanol–water partition coefficient (Wildman–Crippen LogP) is 3.92. The van der Waals surface area contributed by atoms with Gasteiger partial charge in [-0.2, -0.15) is 13.2 Å². The van der Waals surface area contributed by atoms with Crippen LogP contribution in [0.3, 0.4) is 0 Å². The first kappa shape index (κ1) is 20.2. The molecule has 0 aliphatic carbocycles. The summed E-state index contributed by atoms with van der Waals surface area (Å²) in [5.74, 6) is 3.50. The van der Waals surface area contributed by atoms with Crippen LogP contribution in [-0.2, 0) is 6.18 Å². The van der Waals surface area contributed by atoms with Crippen LogP contribution >= 0.6 is 0 Å². The number of alkyl halides is 3. The van der Waals surface area contributed by atoms with Crippen molar-refractivity contribution in [3.63, 3.8) is 0 Å². The Hall–Kier alpha value is -2.57. The quantitative estimate of drug-likeness (QED) is 0.392. The summed E-state index contributed by atoms with van der Waals surface area (Å²) in [5.41, 5.74) is 4.30. The Morgan fingerprint density at radius 3 is 2.64 bits per heavy atom. The lowest BCUT2D eigenvalue weighted by Crippen LogP contribution is -2.16. The molecule has 5 nitrogen and oxygen atoms in total. The van der Waals surface area contributed by atoms with E-state index >= 15 is 0 Å². The third-order valence-electron chi connectivity index (χ3n) is 3.94. The predicted molar refractivity (Wildman–Crippen MR) is 106 cm³/mol. The lowest BCUT2D eigenvalue weighted by atomic mass is 10.2. The van der Waals surface area contributed by atoms with Gasteiger partial charge in [0, 0.05) is 13.2 Å². The minimum absolute atomic E-state index is 0.00351. The Morgan fingerprint density at radius 2 is 2.00 bits per heavy atom. The number of halogens is 3. The van der Waals surface area contributed by atoms with Crippen LogP contribution in [0.25, 0.3) is 16.7 Å². The number of rotatable bonds is 4. The number of benzene rings is 1. The van der Waals surface area contributed by atoms with Gasteiger partial charge in [-0.25, -0.2) is 9.97 Å². The zero-order valence-electron chi connectivity index (χ0n) is 15.9. The van der Waals surface area contributed by atoms with Gasteiger partial charge >= 0.3 is 6.18 Å². The number of nitrogens with one attached hydrogen (secondary N) is 1. The molecule has 0 atom stereocenters. The van der Waals surface area contributed by atoms with Gasteiger partial charge in [0.2, 0.25) is 0 Å². The van der Waals surface area contributed by atoms with Crippen LogP contribution in [0.1, 0.15) is 17.7 Å². The molecule has 0 fully saturated rings. The summed E-state index contributed by atoms with van der Waals surface area (Å²) in [4.78, 5) is 8.74. The first-order valence-electron chi connectivity index (χ1n) is 8.86. The number of hydrogen-bond donors (Lipinski definition) is 2. The van der Waals surface area contributed by atoms with Gasteiger partial charge in [0.1, 0.15) is 13.8 Å². The average Bonchev–Trinajstić information content (AvgIpc) is 3.03. The molecule has 0 radical (unpaired) electrons. The van der Waals surface area contributed by atoms with Crippen LogP contribution in [0.5, 0.6) is 0 Å². The number of hydrogen-bond acceptors (Lipinski definition) is 4. The molecule has 1 aromatic carbocycles. The van der Waals surface area contributed by atoms with Crippen LogP contribution in [-0.4, -0.2) is 40.7 Å². The molecule has 9 heteroatoms. The smallest absolute Gasteiger partial charge is 0.396 e. The summed E-state index contributed by atoms with van der Waals surface area (Å²) in [7, 11) is -1.65. The lowest BCUT2D eigenvalue weighted by Gasteiger charge is -2.12. The number of fused-ring (bicyclic) bond motifs is 3. The number of aromatic nitrogens is 3. The van der Waals surface area contributed by atoms with Crippen LogP contribution in [0.4, 0.5) is 19.0 Å². The minimum atomic E-state index is -4.45. The van der Waals surface area contributed by atoms with E-state index in [9.17, 15) is 13.2 Å². The molecule has 0 bridgehead atoms. The Kier molecular flexibility index (Phi) is 5.36. The van der Waals surface area contributed by atoms with E-state index in [0.717, 1.165) is 12.1 Å². The van der Waals surface area contributed by atoms with Crippen LogP contribution in [0.15, 0.2) is 24.4 Å². The first-order chi connectivity index (χ1) is 13.1. The van der Waals surface area contributed by atoms with Crippen LogP contribution < -0.4 is 5.32 Å². The van der Waals surface area contributed by atoms with Crippen molar-refractivity contribution in [3.05, 3.63) is 35.7 Å². The summed E-state index contributed by atoms with van der Waals surface area (Å²) >= 11 is 0. The zero-order valence-corrected chi connectivity index (χ0v) is 16.9. The van der Waals surface area contributed by atoms with Gasteiger partial charge in [-0.15, -0.1) is 5.54 Å². The summed E-state index contributed by atoms with van der Waals surface area (Å²) in [6.07, 6.45) is -2.36. The van der Waals surface area contributed by atoms with Gasteiger partial charge in [0.25, 0.3) is 0 Å². The summed E-state index contributed by atoms with van der Waals surface area (Å²) in [6, 6.07) is 3.47. The summed E-state index contributed by atoms with van der Waals surface area (Å²) in [6.45, 7) is 6.75. The monoisotopic (exact) mass is 406 g/mol. The van der Waals surface area contributed by atoms with Gasteiger partial charge in [0.15, 0.2) is 11.5 Å². The topological polar surface area (TPSA) is 62.5 Å². The van der Waals surface area contributed by atoms with E-state index in [2.05, 4.69) is 46.4 Å². The van der Waals surface area contributed by atoms with E-state index in [1.807, 2.05) is 0 Å². The molecule has 3 rings (SSSR count). The Balaban J connectivity index is 2.25. The highest BCUT2D eigenvalue weighted by Gasteiger charge is 2.31. The normalized spacial score (nSPS) is 12.2. The Morgan fingerprint density at radius 1 is 1.25 bits per heavy atom. The molecule has 0 saturated carbocycles. The number of aliphatic hydroxyl groups excluding tert-OH is 1. The highest BCUT2D eigenvalue weighted by Crippen LogP contribution is 2.32. The summed E-state index contributed by atoms with van der Waals surface area (Å²) in [5, 5.41) is 12.0. The van der Waals surface area contributed by atoms with Crippen molar-refractivity contribution in [2.24, 2.45) is 0 Å². The van der Waals surface area contributed by atoms with Gasteiger partial charge in [-0.05, 0) is 24.6 Å². The van der Waals surface area contributed by atoms with Crippen molar-refractivity contribution < 1.29 is 18.3 Å². The molecule has 2 N–H and O–H groups in total. The average molecular weight is 406 g/mol. The standard InChI is InChI=1S/C19H21F3N4OSi/c1-28(2,3)10-7-14-12-24-18-17(23-8-4-9-27)25-15-11-13(19(20,21)22)5-6-16(15)26(14)18/h5-6,11-12,27H,4,8-9H2,1-3H3,(H,23,25). The second kappa shape index (κ2) is 7.45. The molecule has 2 aromatic heterocycles. The van der Waals surface area contributed by atoms with Crippen LogP contribution in [0.2, 0.25) is 19.6 Å². The number of nitrogens with zero attached hydrogens (tertiary/aromatic N) is 3. The van der Waals surface area contributed by atoms with E-state index in [4.69, 9.17) is 5.11 Å². The maximum Gasteiger partial charge on any atom is 0.416 e. The van der Waals surface area contributed by atoms with Crippen molar-refractivity contribution in [1.82, 2.24) is 14.4 Å². The van der Waals surface area contributed by atoms with Gasteiger partial charge in [-0.1, -0.05) is 25.6 Å². The van der Waals surface area contributed by atoms with Crippen molar-refractivity contribution in [1.29, 1.82) is 0 Å². The fourth-order valence-corrected chi connectivity index (χ4v) is 3.16. The van der Waals surface area contributed by atoms with Crippen molar-refractivity contribution in [2.75, 3.05) is 18.5 Å². The van der Waals surface area contributed by atoms with E-state index in [1.54, 1.807) is 10.6 Å². The molecule has 148 valence electrons. The molecule has 0 saturated heterocycles. The largest absolute Gasteiger partial charge is 0.416 e. The van der Waals surface area contributed by atoms with E-state index in [0.29, 0.717) is 35.6 Å². The molecule has 2 heterocycles. The van der Waals surface area contributed by atoms with Gasteiger partial charge < -0.3 is 10.4 Å². The number of aliphatic hydroxyl groups is 1. The molecule has 0 unspecified atom stereocenters. The number of imidazole rings is 1. The maximum absolute atomic E-state index is 13.1. The van der Waals surface area contributed by atoms with Crippen LogP contribution in [0, 0.1) is 11.5 Å². The molecular formula is C19H21F3N4OSi. The fraction of sp³-hybridized carbons (Fsp3) is 0.368. The maximum atomic E-state index is 13.1. The van der Waals surface area contributed by atoms with Crippen molar-refractivity contribution >= 4 is 30.6 Å². The molecular weight excluding hydrogens is 385 g/mol. The van der Waals surface area contributed by atoms with Crippen molar-refractivity contribution in [3.8, 4) is 11.5 Å². The summed E-state index contributed by atoms with van der Waals surface area (Å²) < 4.78 is 41.2. The Labute approximate surface area is 161 Å². The number of anilines is 1. The lowest BCUT2D eigenvalue weighted by molar-refractivity contribution is -0.137. The molecule has 0 amide bonds. The molecule has 28 heavy (non-hydrogen) atoms. The zero-order chi connectivity index (χ0) is 20.5.